The van der Waals surface area contributed by atoms with Gasteiger partial charge < -0.3 is 4.90 Å². The number of hydrogen-bond donors (Lipinski definition) is 0. The third kappa shape index (κ3) is 3.84. The summed E-state index contributed by atoms with van der Waals surface area (Å²) in [6.45, 7) is 2.07. The highest BCUT2D eigenvalue weighted by Gasteiger charge is 2.13. The molecule has 1 amide bonds. The summed E-state index contributed by atoms with van der Waals surface area (Å²) in [6.07, 6.45) is 0.353. The van der Waals surface area contributed by atoms with E-state index in [1.807, 2.05) is 6.07 Å². The summed E-state index contributed by atoms with van der Waals surface area (Å²) < 4.78 is 0. The van der Waals surface area contributed by atoms with Gasteiger partial charge in [0.1, 0.15) is 5.38 Å². The standard InChI is InChI=1S/C7H11ClN2O/c1-6(8)7(11)10(2)5-3-4-9/h6H,3,5H2,1-2H3/t6-/m1/s1. The number of alkyl halides is 1. The van der Waals surface area contributed by atoms with Crippen molar-refractivity contribution in [1.82, 2.24) is 4.90 Å². The number of nitrogens with zero attached hydrogens (tertiary/aromatic N) is 2. The molecule has 11 heavy (non-hydrogen) atoms. The van der Waals surface area contributed by atoms with Crippen LogP contribution in [-0.4, -0.2) is 29.8 Å². The van der Waals surface area contributed by atoms with E-state index in [2.05, 4.69) is 0 Å². The monoisotopic (exact) mass is 174 g/mol. The fraction of sp³-hybridized carbons (Fsp3) is 0.714. The van der Waals surface area contributed by atoms with E-state index in [0.717, 1.165) is 0 Å². The van der Waals surface area contributed by atoms with Gasteiger partial charge in [0.25, 0.3) is 0 Å². The summed E-state index contributed by atoms with van der Waals surface area (Å²) in [5, 5.41) is 7.71. The molecule has 0 fully saturated rings. The first-order chi connectivity index (χ1) is 5.09. The van der Waals surface area contributed by atoms with Crippen LogP contribution in [0.3, 0.4) is 0 Å². The molecule has 0 unspecified atom stereocenters. The molecule has 1 atom stereocenters. The van der Waals surface area contributed by atoms with E-state index < -0.39 is 5.38 Å². The lowest BCUT2D eigenvalue weighted by atomic mass is 10.3. The summed E-state index contributed by atoms with van der Waals surface area (Å²) in [5.74, 6) is -0.137. The molecule has 0 heterocycles. The normalized spacial score (nSPS) is 11.8. The van der Waals surface area contributed by atoms with Gasteiger partial charge in [-0.1, -0.05) is 0 Å². The van der Waals surface area contributed by atoms with Crippen molar-refractivity contribution in [1.29, 1.82) is 5.26 Å². The molecule has 0 radical (unpaired) electrons. The summed E-state index contributed by atoms with van der Waals surface area (Å²) in [7, 11) is 1.64. The Morgan fingerprint density at radius 3 is 2.73 bits per heavy atom. The van der Waals surface area contributed by atoms with Gasteiger partial charge in [0.2, 0.25) is 5.91 Å². The summed E-state index contributed by atoms with van der Waals surface area (Å²) in [4.78, 5) is 12.5. The van der Waals surface area contributed by atoms with Crippen LogP contribution in [0.4, 0.5) is 0 Å². The maximum Gasteiger partial charge on any atom is 0.240 e. The van der Waals surface area contributed by atoms with Crippen molar-refractivity contribution in [2.75, 3.05) is 13.6 Å². The number of rotatable bonds is 3. The van der Waals surface area contributed by atoms with Crippen LogP contribution in [-0.2, 0) is 4.79 Å². The first kappa shape index (κ1) is 10.2. The Kier molecular flexibility index (Phi) is 4.64. The molecule has 0 rings (SSSR count). The SMILES string of the molecule is C[C@@H](Cl)C(=O)N(C)CCC#N. The van der Waals surface area contributed by atoms with E-state index >= 15 is 0 Å². The highest BCUT2D eigenvalue weighted by molar-refractivity contribution is 6.30. The fourth-order valence-corrected chi connectivity index (χ4v) is 0.798. The van der Waals surface area contributed by atoms with E-state index in [4.69, 9.17) is 16.9 Å². The van der Waals surface area contributed by atoms with Gasteiger partial charge in [-0.25, -0.2) is 0 Å². The molecule has 0 aliphatic rings. The molecule has 0 aromatic heterocycles. The second kappa shape index (κ2) is 4.97. The van der Waals surface area contributed by atoms with E-state index in [9.17, 15) is 4.79 Å². The van der Waals surface area contributed by atoms with Gasteiger partial charge in [-0.05, 0) is 6.92 Å². The molecule has 4 heteroatoms. The molecular weight excluding hydrogens is 164 g/mol. The van der Waals surface area contributed by atoms with Gasteiger partial charge in [-0.15, -0.1) is 11.6 Å². The maximum absolute atomic E-state index is 11.0. The molecule has 0 N–H and O–H groups in total. The van der Waals surface area contributed by atoms with Crippen molar-refractivity contribution >= 4 is 17.5 Å². The molecule has 0 aliphatic carbocycles. The lowest BCUT2D eigenvalue weighted by Crippen LogP contribution is -2.32. The van der Waals surface area contributed by atoms with E-state index in [-0.39, 0.29) is 5.91 Å². The van der Waals surface area contributed by atoms with Crippen LogP contribution in [0.25, 0.3) is 0 Å². The van der Waals surface area contributed by atoms with E-state index in [0.29, 0.717) is 13.0 Å². The zero-order chi connectivity index (χ0) is 8.85. The fourth-order valence-electron chi connectivity index (χ4n) is 0.632. The summed E-state index contributed by atoms with van der Waals surface area (Å²) in [5.41, 5.74) is 0. The predicted octanol–water partition coefficient (Wildman–Crippen LogP) is 0.986. The van der Waals surface area contributed by atoms with Crippen LogP contribution in [0.5, 0.6) is 0 Å². The third-order valence-corrected chi connectivity index (χ3v) is 1.46. The number of amides is 1. The molecule has 0 aliphatic heterocycles. The summed E-state index contributed by atoms with van der Waals surface area (Å²) in [6, 6.07) is 1.96. The average Bonchev–Trinajstić information content (AvgIpc) is 1.98. The van der Waals surface area contributed by atoms with Gasteiger partial charge in [-0.2, -0.15) is 5.26 Å². The molecule has 62 valence electrons. The van der Waals surface area contributed by atoms with Crippen molar-refractivity contribution in [2.45, 2.75) is 18.7 Å². The Morgan fingerprint density at radius 2 is 2.36 bits per heavy atom. The van der Waals surface area contributed by atoms with Crippen LogP contribution in [0.15, 0.2) is 0 Å². The smallest absolute Gasteiger partial charge is 0.240 e. The van der Waals surface area contributed by atoms with Gasteiger partial charge in [0.05, 0.1) is 12.5 Å². The Balaban J connectivity index is 3.75. The van der Waals surface area contributed by atoms with Crippen LogP contribution >= 0.6 is 11.6 Å². The molecule has 0 saturated heterocycles. The molecule has 0 bridgehead atoms. The highest BCUT2D eigenvalue weighted by Crippen LogP contribution is 1.99. The van der Waals surface area contributed by atoms with Crippen LogP contribution in [0.2, 0.25) is 0 Å². The van der Waals surface area contributed by atoms with Crippen LogP contribution < -0.4 is 0 Å². The second-order valence-electron chi connectivity index (χ2n) is 2.28. The number of hydrogen-bond acceptors (Lipinski definition) is 2. The average molecular weight is 175 g/mol. The van der Waals surface area contributed by atoms with Gasteiger partial charge >= 0.3 is 0 Å². The van der Waals surface area contributed by atoms with Gasteiger partial charge in [0, 0.05) is 13.6 Å². The Hall–Kier alpha value is -0.750. The van der Waals surface area contributed by atoms with Crippen molar-refractivity contribution in [3.05, 3.63) is 0 Å². The van der Waals surface area contributed by atoms with Crippen molar-refractivity contribution in [3.8, 4) is 6.07 Å². The van der Waals surface area contributed by atoms with Crippen LogP contribution in [0, 0.1) is 11.3 Å². The first-order valence-corrected chi connectivity index (χ1v) is 3.79. The number of nitriles is 1. The van der Waals surface area contributed by atoms with Crippen molar-refractivity contribution < 1.29 is 4.79 Å². The maximum atomic E-state index is 11.0. The largest absolute Gasteiger partial charge is 0.343 e. The van der Waals surface area contributed by atoms with Crippen LogP contribution in [0.1, 0.15) is 13.3 Å². The zero-order valence-electron chi connectivity index (χ0n) is 6.67. The molecule has 0 aromatic rings. The lowest BCUT2D eigenvalue weighted by molar-refractivity contribution is -0.129. The van der Waals surface area contributed by atoms with Gasteiger partial charge in [0.15, 0.2) is 0 Å². The van der Waals surface area contributed by atoms with Crippen molar-refractivity contribution in [2.24, 2.45) is 0 Å². The Morgan fingerprint density at radius 1 is 1.82 bits per heavy atom. The van der Waals surface area contributed by atoms with Gasteiger partial charge in [-0.3, -0.25) is 4.79 Å². The summed E-state index contributed by atoms with van der Waals surface area (Å²) >= 11 is 5.53. The van der Waals surface area contributed by atoms with E-state index in [1.54, 1.807) is 14.0 Å². The minimum absolute atomic E-state index is 0.137. The molecule has 3 nitrogen and oxygen atoms in total. The highest BCUT2D eigenvalue weighted by atomic mass is 35.5. The Bertz CT molecular complexity index is 174. The molecule has 0 spiro atoms. The number of carbonyl (C=O) groups is 1. The number of halogens is 1. The molecule has 0 aromatic carbocycles. The minimum Gasteiger partial charge on any atom is -0.343 e. The Labute approximate surface area is 71.5 Å². The van der Waals surface area contributed by atoms with Crippen molar-refractivity contribution in [3.63, 3.8) is 0 Å². The quantitative estimate of drug-likeness (QED) is 0.599. The third-order valence-electron chi connectivity index (χ3n) is 1.28. The van der Waals surface area contributed by atoms with E-state index in [1.165, 1.54) is 4.90 Å². The molecule has 0 saturated carbocycles. The predicted molar refractivity (Wildman–Crippen MR) is 43.2 cm³/mol. The molecular formula is C7H11ClN2O. The second-order valence-corrected chi connectivity index (χ2v) is 2.94. The first-order valence-electron chi connectivity index (χ1n) is 3.35. The topological polar surface area (TPSA) is 44.1 Å². The lowest BCUT2D eigenvalue weighted by Gasteiger charge is -2.16. The minimum atomic E-state index is -0.501. The zero-order valence-corrected chi connectivity index (χ0v) is 7.43. The number of carbonyl (C=O) groups excluding carboxylic acids is 1.